The van der Waals surface area contributed by atoms with Crippen LogP contribution in [0.25, 0.3) is 0 Å². The van der Waals surface area contributed by atoms with Crippen LogP contribution in [0.15, 0.2) is 12.4 Å². The molecule has 78 valence electrons. The average molecular weight is 236 g/mol. The van der Waals surface area contributed by atoms with Crippen molar-refractivity contribution < 1.29 is 4.74 Å². The van der Waals surface area contributed by atoms with Crippen LogP contribution >= 0.6 is 24.0 Å². The molecule has 2 heterocycles. The van der Waals surface area contributed by atoms with E-state index in [4.69, 9.17) is 16.3 Å². The molecule has 0 amide bonds. The topological polar surface area (TPSA) is 47.0 Å². The number of rotatable bonds is 2. The van der Waals surface area contributed by atoms with E-state index in [1.165, 1.54) is 6.33 Å². The van der Waals surface area contributed by atoms with E-state index >= 15 is 0 Å². The van der Waals surface area contributed by atoms with Gasteiger partial charge in [-0.05, 0) is 13.0 Å². The SMILES string of the molecule is Cl.Clc1cc(OC2CCNC2)ncn1. The highest BCUT2D eigenvalue weighted by Gasteiger charge is 2.16. The third kappa shape index (κ3) is 2.97. The Labute approximate surface area is 93.4 Å². The molecule has 0 spiro atoms. The Balaban J connectivity index is 0.000000980. The van der Waals surface area contributed by atoms with Crippen LogP contribution in [0, 0.1) is 0 Å². The molecule has 2 rings (SSSR count). The second-order valence-corrected chi connectivity index (χ2v) is 3.30. The second kappa shape index (κ2) is 5.34. The van der Waals surface area contributed by atoms with Crippen LogP contribution in [0.1, 0.15) is 6.42 Å². The zero-order valence-electron chi connectivity index (χ0n) is 7.44. The van der Waals surface area contributed by atoms with Gasteiger partial charge >= 0.3 is 0 Å². The standard InChI is InChI=1S/C8H10ClN3O.ClH/c9-7-3-8(12-5-11-7)13-6-1-2-10-4-6;/h3,5-6,10H,1-2,4H2;1H. The summed E-state index contributed by atoms with van der Waals surface area (Å²) in [5.41, 5.74) is 0. The molecule has 0 saturated carbocycles. The van der Waals surface area contributed by atoms with Crippen LogP contribution in [0.5, 0.6) is 5.88 Å². The molecule has 1 unspecified atom stereocenters. The summed E-state index contributed by atoms with van der Waals surface area (Å²) in [6.45, 7) is 1.88. The van der Waals surface area contributed by atoms with E-state index in [2.05, 4.69) is 15.3 Å². The van der Waals surface area contributed by atoms with E-state index in [1.54, 1.807) is 6.07 Å². The lowest BCUT2D eigenvalue weighted by atomic mass is 10.3. The van der Waals surface area contributed by atoms with Gasteiger partial charge in [-0.15, -0.1) is 12.4 Å². The highest BCUT2D eigenvalue weighted by atomic mass is 35.5. The van der Waals surface area contributed by atoms with Gasteiger partial charge in [0.1, 0.15) is 17.6 Å². The van der Waals surface area contributed by atoms with Crippen molar-refractivity contribution in [2.45, 2.75) is 12.5 Å². The third-order valence-corrected chi connectivity index (χ3v) is 2.12. The van der Waals surface area contributed by atoms with Gasteiger partial charge in [-0.1, -0.05) is 11.6 Å². The van der Waals surface area contributed by atoms with Gasteiger partial charge in [-0.25, -0.2) is 9.97 Å². The van der Waals surface area contributed by atoms with Gasteiger partial charge in [0.15, 0.2) is 0 Å². The number of nitrogens with one attached hydrogen (secondary N) is 1. The summed E-state index contributed by atoms with van der Waals surface area (Å²) in [4.78, 5) is 7.73. The van der Waals surface area contributed by atoms with Gasteiger partial charge in [-0.3, -0.25) is 0 Å². The largest absolute Gasteiger partial charge is 0.473 e. The maximum atomic E-state index is 5.68. The Morgan fingerprint density at radius 2 is 2.36 bits per heavy atom. The Bertz CT molecular complexity index is 292. The van der Waals surface area contributed by atoms with Gasteiger partial charge in [0.05, 0.1) is 0 Å². The Morgan fingerprint density at radius 3 is 3.00 bits per heavy atom. The zero-order valence-corrected chi connectivity index (χ0v) is 9.01. The number of ether oxygens (including phenoxy) is 1. The first-order chi connectivity index (χ1) is 6.34. The molecule has 1 aliphatic heterocycles. The molecule has 0 aromatic carbocycles. The first-order valence-electron chi connectivity index (χ1n) is 4.19. The van der Waals surface area contributed by atoms with Crippen molar-refractivity contribution in [2.24, 2.45) is 0 Å². The molecule has 0 aliphatic carbocycles. The van der Waals surface area contributed by atoms with Crippen molar-refractivity contribution in [2.75, 3.05) is 13.1 Å². The van der Waals surface area contributed by atoms with Crippen LogP contribution in [0.3, 0.4) is 0 Å². The molecule has 1 aliphatic rings. The molecule has 1 atom stereocenters. The van der Waals surface area contributed by atoms with E-state index in [1.807, 2.05) is 0 Å². The van der Waals surface area contributed by atoms with Crippen molar-refractivity contribution in [1.82, 2.24) is 15.3 Å². The van der Waals surface area contributed by atoms with E-state index < -0.39 is 0 Å². The Hall–Kier alpha value is -0.580. The Morgan fingerprint density at radius 1 is 1.50 bits per heavy atom. The van der Waals surface area contributed by atoms with Crippen LogP contribution in [-0.4, -0.2) is 29.2 Å². The molecule has 0 radical (unpaired) electrons. The van der Waals surface area contributed by atoms with E-state index in [0.29, 0.717) is 11.0 Å². The van der Waals surface area contributed by atoms with Crippen molar-refractivity contribution >= 4 is 24.0 Å². The number of aromatic nitrogens is 2. The summed E-state index contributed by atoms with van der Waals surface area (Å²) in [6, 6.07) is 1.62. The lowest BCUT2D eigenvalue weighted by Crippen LogP contribution is -2.20. The molecule has 4 nitrogen and oxygen atoms in total. The molecular formula is C8H11Cl2N3O. The maximum absolute atomic E-state index is 5.68. The van der Waals surface area contributed by atoms with Crippen LogP contribution in [0.4, 0.5) is 0 Å². The fourth-order valence-electron chi connectivity index (χ4n) is 1.28. The van der Waals surface area contributed by atoms with Crippen molar-refractivity contribution in [3.05, 3.63) is 17.5 Å². The van der Waals surface area contributed by atoms with E-state index in [0.717, 1.165) is 19.5 Å². The molecule has 0 bridgehead atoms. The van der Waals surface area contributed by atoms with E-state index in [9.17, 15) is 0 Å². The van der Waals surface area contributed by atoms with E-state index in [-0.39, 0.29) is 18.5 Å². The minimum Gasteiger partial charge on any atom is -0.473 e. The first-order valence-corrected chi connectivity index (χ1v) is 4.57. The smallest absolute Gasteiger partial charge is 0.218 e. The lowest BCUT2D eigenvalue weighted by Gasteiger charge is -2.10. The summed E-state index contributed by atoms with van der Waals surface area (Å²) < 4.78 is 5.56. The highest BCUT2D eigenvalue weighted by Crippen LogP contribution is 2.14. The number of halogens is 2. The third-order valence-electron chi connectivity index (χ3n) is 1.91. The summed E-state index contributed by atoms with van der Waals surface area (Å²) in [5, 5.41) is 3.62. The zero-order chi connectivity index (χ0) is 9.10. The molecule has 14 heavy (non-hydrogen) atoms. The summed E-state index contributed by atoms with van der Waals surface area (Å²) in [7, 11) is 0. The molecule has 6 heteroatoms. The molecular weight excluding hydrogens is 225 g/mol. The maximum Gasteiger partial charge on any atom is 0.218 e. The van der Waals surface area contributed by atoms with Gasteiger partial charge < -0.3 is 10.1 Å². The molecule has 1 aromatic heterocycles. The number of nitrogens with zero attached hydrogens (tertiary/aromatic N) is 2. The first kappa shape index (κ1) is 11.5. The lowest BCUT2D eigenvalue weighted by molar-refractivity contribution is 0.213. The summed E-state index contributed by atoms with van der Waals surface area (Å²) in [5.74, 6) is 0.550. The van der Waals surface area contributed by atoms with Crippen molar-refractivity contribution in [3.63, 3.8) is 0 Å². The van der Waals surface area contributed by atoms with Crippen LogP contribution in [-0.2, 0) is 0 Å². The van der Waals surface area contributed by atoms with Crippen molar-refractivity contribution in [1.29, 1.82) is 0 Å². The van der Waals surface area contributed by atoms with Gasteiger partial charge in [-0.2, -0.15) is 0 Å². The quantitative estimate of drug-likeness (QED) is 0.786. The molecule has 1 fully saturated rings. The highest BCUT2D eigenvalue weighted by molar-refractivity contribution is 6.29. The van der Waals surface area contributed by atoms with Crippen molar-refractivity contribution in [3.8, 4) is 5.88 Å². The fourth-order valence-corrected chi connectivity index (χ4v) is 1.42. The molecule has 1 saturated heterocycles. The normalized spacial score (nSPS) is 20.2. The predicted molar refractivity (Wildman–Crippen MR) is 56.2 cm³/mol. The summed E-state index contributed by atoms with van der Waals surface area (Å²) in [6.07, 6.45) is 2.63. The minimum atomic E-state index is 0. The molecule has 1 N–H and O–H groups in total. The second-order valence-electron chi connectivity index (χ2n) is 2.91. The minimum absolute atomic E-state index is 0. The van der Waals surface area contributed by atoms with Gasteiger partial charge in [0.25, 0.3) is 0 Å². The number of hydrogen-bond donors (Lipinski definition) is 1. The number of hydrogen-bond acceptors (Lipinski definition) is 4. The average Bonchev–Trinajstić information content (AvgIpc) is 2.57. The molecule has 1 aromatic rings. The predicted octanol–water partition coefficient (Wildman–Crippen LogP) is 1.29. The van der Waals surface area contributed by atoms with Gasteiger partial charge in [0.2, 0.25) is 5.88 Å². The summed E-state index contributed by atoms with van der Waals surface area (Å²) >= 11 is 5.68. The monoisotopic (exact) mass is 235 g/mol. The Kier molecular flexibility index (Phi) is 4.38. The fraction of sp³-hybridized carbons (Fsp3) is 0.500. The van der Waals surface area contributed by atoms with Gasteiger partial charge in [0, 0.05) is 12.6 Å². The van der Waals surface area contributed by atoms with Crippen LogP contribution in [0.2, 0.25) is 5.15 Å². The van der Waals surface area contributed by atoms with Crippen LogP contribution < -0.4 is 10.1 Å².